The number of rotatable bonds is 7. The topological polar surface area (TPSA) is 116 Å². The number of Topliss-reactive ketones (excluding diaryl/α,β-unsaturated/α-hetero) is 1. The number of carbonyl (C=O) groups is 1. The number of methoxy groups -OCH3 is 1. The predicted octanol–water partition coefficient (Wildman–Crippen LogP) is -1.95. The van der Waals surface area contributed by atoms with E-state index in [1.807, 2.05) is 0 Å². The highest BCUT2D eigenvalue weighted by atomic mass is 16.5. The number of aliphatic hydroxyl groups excluding tert-OH is 3. The molecule has 7 heteroatoms. The van der Waals surface area contributed by atoms with Gasteiger partial charge in [0.15, 0.2) is 5.78 Å². The second kappa shape index (κ2) is 6.55. The number of ketones is 1. The second-order valence-electron chi connectivity index (χ2n) is 2.65. The maximum atomic E-state index is 10.9. The molecule has 0 heterocycles. The fraction of sp³-hybridized carbons (Fsp3) is 0.857. The van der Waals surface area contributed by atoms with Crippen molar-refractivity contribution < 1.29 is 24.9 Å². The molecule has 0 saturated carbocycles. The van der Waals surface area contributed by atoms with Gasteiger partial charge in [0.2, 0.25) is 0 Å². The van der Waals surface area contributed by atoms with Crippen LogP contribution in [0.5, 0.6) is 0 Å². The fourth-order valence-electron chi connectivity index (χ4n) is 0.873. The molecule has 3 unspecified atom stereocenters. The van der Waals surface area contributed by atoms with Crippen molar-refractivity contribution >= 4 is 5.78 Å². The van der Waals surface area contributed by atoms with Gasteiger partial charge in [0.25, 0.3) is 0 Å². The zero-order chi connectivity index (χ0) is 11.1. The third kappa shape index (κ3) is 3.46. The van der Waals surface area contributed by atoms with Crippen LogP contribution in [0.1, 0.15) is 0 Å². The molecule has 3 N–H and O–H groups in total. The standard InChI is InChI=1S/C7H13NO6/c1-14-5(3-9)7(12)6(11)4(10)2-8-13/h5-7,9,11-12H,2-3H2,1H3. The molecule has 0 aliphatic heterocycles. The van der Waals surface area contributed by atoms with Crippen molar-refractivity contribution in [2.24, 2.45) is 5.18 Å². The lowest BCUT2D eigenvalue weighted by molar-refractivity contribution is -0.140. The van der Waals surface area contributed by atoms with Gasteiger partial charge >= 0.3 is 0 Å². The molecular weight excluding hydrogens is 194 g/mol. The van der Waals surface area contributed by atoms with E-state index in [1.165, 1.54) is 7.11 Å². The molecule has 14 heavy (non-hydrogen) atoms. The normalized spacial score (nSPS) is 17.1. The van der Waals surface area contributed by atoms with E-state index in [4.69, 9.17) is 10.2 Å². The van der Waals surface area contributed by atoms with Crippen molar-refractivity contribution in [1.29, 1.82) is 0 Å². The Morgan fingerprint density at radius 3 is 2.43 bits per heavy atom. The SMILES string of the molecule is COC(CO)C(O)C(O)C(=O)CN=O. The number of nitroso groups, excluding NO2 is 1. The van der Waals surface area contributed by atoms with Gasteiger partial charge in [-0.15, -0.1) is 0 Å². The zero-order valence-corrected chi connectivity index (χ0v) is 7.66. The van der Waals surface area contributed by atoms with Crippen LogP contribution in [0.15, 0.2) is 5.18 Å². The summed E-state index contributed by atoms with van der Waals surface area (Å²) in [4.78, 5) is 20.6. The van der Waals surface area contributed by atoms with Gasteiger partial charge in [-0.1, -0.05) is 5.18 Å². The highest BCUT2D eigenvalue weighted by Crippen LogP contribution is 2.04. The Hall–Kier alpha value is -0.890. The first-order valence-electron chi connectivity index (χ1n) is 3.90. The summed E-state index contributed by atoms with van der Waals surface area (Å²) in [7, 11) is 1.21. The van der Waals surface area contributed by atoms with Crippen molar-refractivity contribution in [3.8, 4) is 0 Å². The molecule has 0 aliphatic carbocycles. The summed E-state index contributed by atoms with van der Waals surface area (Å²) in [6, 6.07) is 0. The highest BCUT2D eigenvalue weighted by molar-refractivity contribution is 5.85. The Morgan fingerprint density at radius 1 is 1.50 bits per heavy atom. The smallest absolute Gasteiger partial charge is 0.188 e. The van der Waals surface area contributed by atoms with Crippen LogP contribution in [-0.2, 0) is 9.53 Å². The summed E-state index contributed by atoms with van der Waals surface area (Å²) in [5.74, 6) is -0.914. The van der Waals surface area contributed by atoms with Gasteiger partial charge < -0.3 is 20.1 Å². The Labute approximate surface area is 80.3 Å². The third-order valence-corrected chi connectivity index (χ3v) is 1.74. The van der Waals surface area contributed by atoms with Crippen molar-refractivity contribution in [3.05, 3.63) is 4.91 Å². The predicted molar refractivity (Wildman–Crippen MR) is 45.6 cm³/mol. The van der Waals surface area contributed by atoms with Gasteiger partial charge in [0.1, 0.15) is 24.9 Å². The Balaban J connectivity index is 4.27. The molecule has 0 aromatic heterocycles. The summed E-state index contributed by atoms with van der Waals surface area (Å²) in [5, 5.41) is 29.4. The van der Waals surface area contributed by atoms with Crippen LogP contribution in [0.4, 0.5) is 0 Å². The number of hydrogen-bond acceptors (Lipinski definition) is 7. The highest BCUT2D eigenvalue weighted by Gasteiger charge is 2.30. The number of hydrogen-bond donors (Lipinski definition) is 3. The van der Waals surface area contributed by atoms with Crippen LogP contribution in [-0.4, -0.2) is 59.7 Å². The molecule has 7 nitrogen and oxygen atoms in total. The maximum absolute atomic E-state index is 10.9. The quantitative estimate of drug-likeness (QED) is 0.418. The second-order valence-corrected chi connectivity index (χ2v) is 2.65. The number of ether oxygens (including phenoxy) is 1. The minimum atomic E-state index is -1.77. The molecule has 0 aromatic rings. The van der Waals surface area contributed by atoms with E-state index in [0.717, 1.165) is 0 Å². The molecular formula is C7H13NO6. The number of nitrogens with zero attached hydrogens (tertiary/aromatic N) is 1. The Morgan fingerprint density at radius 2 is 2.07 bits per heavy atom. The van der Waals surface area contributed by atoms with E-state index < -0.39 is 37.2 Å². The largest absolute Gasteiger partial charge is 0.394 e. The van der Waals surface area contributed by atoms with Crippen LogP contribution in [0.3, 0.4) is 0 Å². The average Bonchev–Trinajstić information content (AvgIpc) is 2.18. The van der Waals surface area contributed by atoms with Crippen LogP contribution in [0.25, 0.3) is 0 Å². The summed E-state index contributed by atoms with van der Waals surface area (Å²) in [5.41, 5.74) is 0. The summed E-state index contributed by atoms with van der Waals surface area (Å²) >= 11 is 0. The molecule has 0 amide bonds. The Kier molecular flexibility index (Phi) is 6.13. The molecule has 0 aromatic carbocycles. The van der Waals surface area contributed by atoms with Crippen molar-refractivity contribution in [2.45, 2.75) is 18.3 Å². The van der Waals surface area contributed by atoms with E-state index in [9.17, 15) is 14.8 Å². The lowest BCUT2D eigenvalue weighted by Gasteiger charge is -2.22. The van der Waals surface area contributed by atoms with Gasteiger partial charge in [-0.05, 0) is 0 Å². The van der Waals surface area contributed by atoms with Gasteiger partial charge in [-0.2, -0.15) is 4.91 Å². The van der Waals surface area contributed by atoms with Gasteiger partial charge in [-0.25, -0.2) is 0 Å². The van der Waals surface area contributed by atoms with Crippen LogP contribution in [0.2, 0.25) is 0 Å². The number of carbonyl (C=O) groups excluding carboxylic acids is 1. The minimum absolute atomic E-state index is 0.545. The van der Waals surface area contributed by atoms with Crippen LogP contribution >= 0.6 is 0 Å². The molecule has 0 bridgehead atoms. The van der Waals surface area contributed by atoms with Crippen LogP contribution < -0.4 is 0 Å². The van der Waals surface area contributed by atoms with Gasteiger partial charge in [0.05, 0.1) is 6.61 Å². The summed E-state index contributed by atoms with van der Waals surface area (Å²) in [6.07, 6.45) is -4.41. The van der Waals surface area contributed by atoms with E-state index in [-0.39, 0.29) is 0 Å². The Bertz CT molecular complexity index is 193. The third-order valence-electron chi connectivity index (χ3n) is 1.74. The van der Waals surface area contributed by atoms with E-state index in [2.05, 4.69) is 9.91 Å². The molecule has 0 fully saturated rings. The van der Waals surface area contributed by atoms with E-state index in [0.29, 0.717) is 0 Å². The molecule has 82 valence electrons. The molecule has 0 rings (SSSR count). The molecule has 0 radical (unpaired) electrons. The average molecular weight is 207 g/mol. The summed E-state index contributed by atoms with van der Waals surface area (Å²) < 4.78 is 4.59. The number of aliphatic hydroxyl groups is 3. The molecule has 0 saturated heterocycles. The minimum Gasteiger partial charge on any atom is -0.394 e. The first-order valence-corrected chi connectivity index (χ1v) is 3.90. The van der Waals surface area contributed by atoms with Crippen molar-refractivity contribution in [3.63, 3.8) is 0 Å². The zero-order valence-electron chi connectivity index (χ0n) is 7.66. The monoisotopic (exact) mass is 207 g/mol. The first-order chi connectivity index (χ1) is 6.58. The van der Waals surface area contributed by atoms with Crippen molar-refractivity contribution in [1.82, 2.24) is 0 Å². The molecule has 0 aliphatic rings. The summed E-state index contributed by atoms with van der Waals surface area (Å²) in [6.45, 7) is -1.27. The lowest BCUT2D eigenvalue weighted by Crippen LogP contribution is -2.45. The first kappa shape index (κ1) is 13.1. The maximum Gasteiger partial charge on any atom is 0.188 e. The van der Waals surface area contributed by atoms with Gasteiger partial charge in [-0.3, -0.25) is 4.79 Å². The van der Waals surface area contributed by atoms with Gasteiger partial charge in [0, 0.05) is 7.11 Å². The molecule has 3 atom stereocenters. The van der Waals surface area contributed by atoms with Crippen LogP contribution in [0, 0.1) is 4.91 Å². The fourth-order valence-corrected chi connectivity index (χ4v) is 0.873. The van der Waals surface area contributed by atoms with E-state index >= 15 is 0 Å². The van der Waals surface area contributed by atoms with E-state index in [1.54, 1.807) is 0 Å². The molecule has 0 spiro atoms. The van der Waals surface area contributed by atoms with Crippen molar-refractivity contribution in [2.75, 3.05) is 20.3 Å². The lowest BCUT2D eigenvalue weighted by atomic mass is 10.0.